The number of likely N-dealkylation sites (tertiary alicyclic amines) is 1. The number of amides is 1. The molecule has 1 saturated heterocycles. The summed E-state index contributed by atoms with van der Waals surface area (Å²) in [5.74, 6) is 0.949. The van der Waals surface area contributed by atoms with Crippen molar-refractivity contribution >= 4 is 5.91 Å². The fraction of sp³-hybridized carbons (Fsp3) is 0.350. The summed E-state index contributed by atoms with van der Waals surface area (Å²) in [6.07, 6.45) is 2.35. The van der Waals surface area contributed by atoms with Gasteiger partial charge in [-0.2, -0.15) is 0 Å². The van der Waals surface area contributed by atoms with E-state index in [2.05, 4.69) is 6.07 Å². The SMILES string of the molecule is COc1cccc(C2CCCN2C(=O)CC(N)c2ccccc2)c1. The average Bonchev–Trinajstić information content (AvgIpc) is 3.12. The fourth-order valence-electron chi connectivity index (χ4n) is 3.38. The molecule has 4 nitrogen and oxygen atoms in total. The molecule has 0 aliphatic carbocycles. The topological polar surface area (TPSA) is 55.6 Å². The summed E-state index contributed by atoms with van der Waals surface area (Å²) in [6.45, 7) is 0.794. The zero-order valence-electron chi connectivity index (χ0n) is 14.0. The minimum absolute atomic E-state index is 0.121. The van der Waals surface area contributed by atoms with Gasteiger partial charge < -0.3 is 15.4 Å². The van der Waals surface area contributed by atoms with Crippen LogP contribution in [-0.2, 0) is 4.79 Å². The van der Waals surface area contributed by atoms with E-state index in [0.29, 0.717) is 6.42 Å². The van der Waals surface area contributed by atoms with Crippen molar-refractivity contribution in [1.82, 2.24) is 4.90 Å². The number of nitrogens with two attached hydrogens (primary N) is 1. The molecular formula is C20H24N2O2. The number of hydrogen-bond acceptors (Lipinski definition) is 3. The molecule has 1 amide bonds. The molecule has 0 spiro atoms. The summed E-state index contributed by atoms with van der Waals surface area (Å²) >= 11 is 0. The van der Waals surface area contributed by atoms with Gasteiger partial charge in [0, 0.05) is 19.0 Å². The van der Waals surface area contributed by atoms with Gasteiger partial charge >= 0.3 is 0 Å². The van der Waals surface area contributed by atoms with Crippen molar-refractivity contribution in [1.29, 1.82) is 0 Å². The third-order valence-corrected chi connectivity index (χ3v) is 4.67. The van der Waals surface area contributed by atoms with E-state index in [-0.39, 0.29) is 18.0 Å². The number of nitrogens with zero attached hydrogens (tertiary/aromatic N) is 1. The van der Waals surface area contributed by atoms with Crippen LogP contribution in [0.25, 0.3) is 0 Å². The van der Waals surface area contributed by atoms with Gasteiger partial charge in [-0.3, -0.25) is 4.79 Å². The van der Waals surface area contributed by atoms with Crippen LogP contribution in [0.15, 0.2) is 54.6 Å². The van der Waals surface area contributed by atoms with E-state index >= 15 is 0 Å². The molecule has 1 fully saturated rings. The van der Waals surface area contributed by atoms with Crippen molar-refractivity contribution in [3.63, 3.8) is 0 Å². The van der Waals surface area contributed by atoms with Crippen LogP contribution < -0.4 is 10.5 Å². The van der Waals surface area contributed by atoms with E-state index in [4.69, 9.17) is 10.5 Å². The number of benzene rings is 2. The second-order valence-electron chi connectivity index (χ2n) is 6.24. The third-order valence-electron chi connectivity index (χ3n) is 4.67. The molecule has 1 aliphatic heterocycles. The van der Waals surface area contributed by atoms with Crippen LogP contribution in [-0.4, -0.2) is 24.5 Å². The Morgan fingerprint density at radius 3 is 2.79 bits per heavy atom. The Kier molecular flexibility index (Phi) is 5.16. The van der Waals surface area contributed by atoms with E-state index in [0.717, 1.165) is 36.3 Å². The Labute approximate surface area is 143 Å². The number of rotatable bonds is 5. The number of carbonyl (C=O) groups excluding carboxylic acids is 1. The smallest absolute Gasteiger partial charge is 0.224 e. The first kappa shape index (κ1) is 16.5. The van der Waals surface area contributed by atoms with Gasteiger partial charge in [0.15, 0.2) is 0 Å². The predicted molar refractivity (Wildman–Crippen MR) is 94.7 cm³/mol. The van der Waals surface area contributed by atoms with E-state index in [1.807, 2.05) is 53.4 Å². The Morgan fingerprint density at radius 2 is 2.04 bits per heavy atom. The molecule has 126 valence electrons. The Morgan fingerprint density at radius 1 is 1.25 bits per heavy atom. The maximum absolute atomic E-state index is 12.8. The highest BCUT2D eigenvalue weighted by Crippen LogP contribution is 2.34. The second-order valence-corrected chi connectivity index (χ2v) is 6.24. The summed E-state index contributed by atoms with van der Waals surface area (Å²) in [5.41, 5.74) is 8.36. The normalized spacial score (nSPS) is 18.4. The molecule has 2 aromatic rings. The van der Waals surface area contributed by atoms with Crippen LogP contribution in [0.4, 0.5) is 0 Å². The van der Waals surface area contributed by atoms with Gasteiger partial charge in [-0.05, 0) is 36.1 Å². The first-order chi connectivity index (χ1) is 11.7. The molecule has 0 saturated carbocycles. The second kappa shape index (κ2) is 7.49. The zero-order chi connectivity index (χ0) is 16.9. The average molecular weight is 324 g/mol. The number of carbonyl (C=O) groups is 1. The van der Waals surface area contributed by atoms with Crippen LogP contribution in [0.2, 0.25) is 0 Å². The monoisotopic (exact) mass is 324 g/mol. The molecule has 1 aliphatic rings. The molecule has 3 rings (SSSR count). The van der Waals surface area contributed by atoms with Gasteiger partial charge in [-0.1, -0.05) is 42.5 Å². The first-order valence-corrected chi connectivity index (χ1v) is 8.43. The highest BCUT2D eigenvalue weighted by molar-refractivity contribution is 5.78. The minimum Gasteiger partial charge on any atom is -0.497 e. The summed E-state index contributed by atoms with van der Waals surface area (Å²) in [5, 5.41) is 0. The molecule has 2 atom stereocenters. The van der Waals surface area contributed by atoms with Crippen molar-refractivity contribution < 1.29 is 9.53 Å². The van der Waals surface area contributed by atoms with Crippen molar-refractivity contribution in [2.24, 2.45) is 5.73 Å². The third kappa shape index (κ3) is 3.60. The molecule has 24 heavy (non-hydrogen) atoms. The molecule has 4 heteroatoms. The zero-order valence-corrected chi connectivity index (χ0v) is 14.0. The van der Waals surface area contributed by atoms with Crippen molar-refractivity contribution in [3.05, 3.63) is 65.7 Å². The van der Waals surface area contributed by atoms with Gasteiger partial charge in [0.05, 0.1) is 13.2 Å². The fourth-order valence-corrected chi connectivity index (χ4v) is 3.38. The van der Waals surface area contributed by atoms with E-state index in [9.17, 15) is 4.79 Å². The number of methoxy groups -OCH3 is 1. The van der Waals surface area contributed by atoms with Crippen molar-refractivity contribution in [2.45, 2.75) is 31.3 Å². The summed E-state index contributed by atoms with van der Waals surface area (Å²) < 4.78 is 5.31. The quantitative estimate of drug-likeness (QED) is 0.916. The van der Waals surface area contributed by atoms with Crippen LogP contribution in [0.5, 0.6) is 5.75 Å². The molecule has 1 heterocycles. The van der Waals surface area contributed by atoms with Gasteiger partial charge in [0.1, 0.15) is 5.75 Å². The molecule has 0 bridgehead atoms. The Hall–Kier alpha value is -2.33. The standard InChI is InChI=1S/C20H24N2O2/c1-24-17-10-5-9-16(13-17)19-11-6-12-22(19)20(23)14-18(21)15-7-3-2-4-8-15/h2-5,7-10,13,18-19H,6,11-12,14,21H2,1H3. The van der Waals surface area contributed by atoms with Crippen LogP contribution in [0.3, 0.4) is 0 Å². The molecule has 0 radical (unpaired) electrons. The highest BCUT2D eigenvalue weighted by atomic mass is 16.5. The van der Waals surface area contributed by atoms with Gasteiger partial charge in [-0.15, -0.1) is 0 Å². The van der Waals surface area contributed by atoms with Crippen molar-refractivity contribution in [3.8, 4) is 5.75 Å². The van der Waals surface area contributed by atoms with Gasteiger partial charge in [-0.25, -0.2) is 0 Å². The molecular weight excluding hydrogens is 300 g/mol. The molecule has 2 unspecified atom stereocenters. The lowest BCUT2D eigenvalue weighted by molar-refractivity contribution is -0.132. The van der Waals surface area contributed by atoms with Crippen molar-refractivity contribution in [2.75, 3.05) is 13.7 Å². The summed E-state index contributed by atoms with van der Waals surface area (Å²) in [6, 6.07) is 17.7. The summed E-state index contributed by atoms with van der Waals surface area (Å²) in [7, 11) is 1.66. The van der Waals surface area contributed by atoms with Crippen LogP contribution in [0.1, 0.15) is 42.5 Å². The molecule has 2 aromatic carbocycles. The molecule has 0 aromatic heterocycles. The Balaban J connectivity index is 1.71. The maximum atomic E-state index is 12.8. The minimum atomic E-state index is -0.259. The van der Waals surface area contributed by atoms with Gasteiger partial charge in [0.25, 0.3) is 0 Å². The lowest BCUT2D eigenvalue weighted by Crippen LogP contribution is -2.33. The Bertz CT molecular complexity index is 687. The van der Waals surface area contributed by atoms with Crippen LogP contribution >= 0.6 is 0 Å². The highest BCUT2D eigenvalue weighted by Gasteiger charge is 2.30. The van der Waals surface area contributed by atoms with E-state index in [1.165, 1.54) is 0 Å². The maximum Gasteiger partial charge on any atom is 0.224 e. The van der Waals surface area contributed by atoms with E-state index in [1.54, 1.807) is 7.11 Å². The number of hydrogen-bond donors (Lipinski definition) is 1. The lowest BCUT2D eigenvalue weighted by atomic mass is 10.0. The predicted octanol–water partition coefficient (Wildman–Crippen LogP) is 3.45. The number of ether oxygens (including phenoxy) is 1. The largest absolute Gasteiger partial charge is 0.497 e. The van der Waals surface area contributed by atoms with E-state index < -0.39 is 0 Å². The van der Waals surface area contributed by atoms with Crippen LogP contribution in [0, 0.1) is 0 Å². The summed E-state index contributed by atoms with van der Waals surface area (Å²) in [4.78, 5) is 14.8. The van der Waals surface area contributed by atoms with Gasteiger partial charge in [0.2, 0.25) is 5.91 Å². The first-order valence-electron chi connectivity index (χ1n) is 8.43. The lowest BCUT2D eigenvalue weighted by Gasteiger charge is -2.26. The molecule has 2 N–H and O–H groups in total.